The number of allylic oxidation sites excluding steroid dienone is 4. The molecule has 1 unspecified atom stereocenters. The van der Waals surface area contributed by atoms with Gasteiger partial charge in [-0.25, -0.2) is 4.39 Å². The maximum Gasteiger partial charge on any atom is 0.305 e. The van der Waals surface area contributed by atoms with Crippen molar-refractivity contribution in [2.45, 2.75) is 59.9 Å². The minimum absolute atomic E-state index is 0.162. The first-order valence-corrected chi connectivity index (χ1v) is 12.1. The van der Waals surface area contributed by atoms with Crippen LogP contribution >= 0.6 is 0 Å². The Labute approximate surface area is 211 Å². The van der Waals surface area contributed by atoms with E-state index in [1.54, 1.807) is 18.4 Å². The third-order valence-corrected chi connectivity index (χ3v) is 6.22. The van der Waals surface area contributed by atoms with Gasteiger partial charge in [-0.1, -0.05) is 57.2 Å². The number of alkyl halides is 1. The molecule has 1 aromatic carbocycles. The summed E-state index contributed by atoms with van der Waals surface area (Å²) in [5, 5.41) is 12.3. The van der Waals surface area contributed by atoms with Crippen molar-refractivity contribution in [3.05, 3.63) is 53.8 Å². The van der Waals surface area contributed by atoms with Crippen molar-refractivity contribution in [2.24, 2.45) is 11.8 Å². The summed E-state index contributed by atoms with van der Waals surface area (Å²) in [4.78, 5) is 49.5. The van der Waals surface area contributed by atoms with Crippen molar-refractivity contribution in [1.29, 1.82) is 0 Å². The van der Waals surface area contributed by atoms with Crippen molar-refractivity contribution < 1.29 is 28.7 Å². The van der Waals surface area contributed by atoms with Gasteiger partial charge in [-0.3, -0.25) is 23.7 Å². The number of hydrogen-bond acceptors (Lipinski definition) is 4. The molecular weight excluding hydrogens is 463 g/mol. The molecule has 1 aromatic heterocycles. The SMILES string of the molecule is CC/C=C\C=C(\C)c1c(C)n(C(=O)C[C@H](C(=O)NC(CC(=O)O)C(=O)CF)C(C)C)c2ccccc12. The summed E-state index contributed by atoms with van der Waals surface area (Å²) in [5.41, 5.74) is 3.42. The van der Waals surface area contributed by atoms with E-state index in [0.29, 0.717) is 0 Å². The van der Waals surface area contributed by atoms with Gasteiger partial charge in [0.15, 0.2) is 5.78 Å². The van der Waals surface area contributed by atoms with Gasteiger partial charge in [-0.05, 0) is 37.8 Å². The number of fused-ring (bicyclic) bond motifs is 1. The molecule has 0 bridgehead atoms. The van der Waals surface area contributed by atoms with Crippen LogP contribution in [0.5, 0.6) is 0 Å². The highest BCUT2D eigenvalue weighted by atomic mass is 19.1. The van der Waals surface area contributed by atoms with Crippen LogP contribution in [0, 0.1) is 18.8 Å². The number of halogens is 1. The van der Waals surface area contributed by atoms with E-state index in [0.717, 1.165) is 34.2 Å². The van der Waals surface area contributed by atoms with Crippen molar-refractivity contribution >= 4 is 40.0 Å². The molecule has 2 atom stereocenters. The number of Topliss-reactive ketones (excluding diaryl/α,β-unsaturated/α-hetero) is 1. The minimum atomic E-state index is -1.49. The lowest BCUT2D eigenvalue weighted by Gasteiger charge is -2.23. The van der Waals surface area contributed by atoms with Gasteiger partial charge in [0, 0.05) is 29.0 Å². The standard InChI is InChI=1S/C28H35FN2O5/c1-6-7-8-11-18(4)27-19(5)31(23-13-10-9-12-20(23)27)25(33)14-21(17(2)3)28(36)30-22(15-26(34)35)24(32)16-29/h7-13,17,21-22H,6,14-16H2,1-5H3,(H,30,36)(H,34,35)/b8-7-,18-11-/t21-,22?/m0/s1. The first-order valence-electron chi connectivity index (χ1n) is 12.1. The number of rotatable bonds is 12. The van der Waals surface area contributed by atoms with E-state index in [-0.39, 0.29) is 18.2 Å². The second-order valence-corrected chi connectivity index (χ2v) is 9.21. The molecular formula is C28H35FN2O5. The lowest BCUT2D eigenvalue weighted by atomic mass is 9.90. The van der Waals surface area contributed by atoms with Crippen LogP contribution in [0.25, 0.3) is 16.5 Å². The van der Waals surface area contributed by atoms with Crippen LogP contribution in [0.2, 0.25) is 0 Å². The number of carboxylic acid groups (broad SMARTS) is 1. The number of hydrogen-bond donors (Lipinski definition) is 2. The third-order valence-electron chi connectivity index (χ3n) is 6.22. The molecule has 0 aliphatic heterocycles. The second-order valence-electron chi connectivity index (χ2n) is 9.21. The quantitative estimate of drug-likeness (QED) is 0.395. The zero-order chi connectivity index (χ0) is 27.0. The molecule has 0 aliphatic carbocycles. The number of nitrogens with one attached hydrogen (secondary N) is 1. The number of carbonyl (C=O) groups excluding carboxylic acids is 3. The van der Waals surface area contributed by atoms with Crippen LogP contribution in [-0.2, 0) is 14.4 Å². The fourth-order valence-corrected chi connectivity index (χ4v) is 4.32. The Bertz CT molecular complexity index is 1190. The molecule has 1 heterocycles. The van der Waals surface area contributed by atoms with Gasteiger partial charge in [-0.15, -0.1) is 0 Å². The number of para-hydroxylation sites is 1. The van der Waals surface area contributed by atoms with Crippen molar-refractivity contribution in [2.75, 3.05) is 6.67 Å². The monoisotopic (exact) mass is 498 g/mol. The Kier molecular flexibility index (Phi) is 10.3. The minimum Gasteiger partial charge on any atom is -0.481 e. The van der Waals surface area contributed by atoms with Crippen molar-refractivity contribution in [3.63, 3.8) is 0 Å². The van der Waals surface area contributed by atoms with Gasteiger partial charge >= 0.3 is 5.97 Å². The summed E-state index contributed by atoms with van der Waals surface area (Å²) in [7, 11) is 0. The molecule has 36 heavy (non-hydrogen) atoms. The van der Waals surface area contributed by atoms with Crippen LogP contribution in [-0.4, -0.2) is 46.0 Å². The molecule has 0 saturated heterocycles. The maximum atomic E-state index is 13.6. The highest BCUT2D eigenvalue weighted by Crippen LogP contribution is 2.32. The normalized spacial score (nSPS) is 13.8. The average molecular weight is 499 g/mol. The molecule has 2 rings (SSSR count). The fraction of sp³-hybridized carbons (Fsp3) is 0.429. The van der Waals surface area contributed by atoms with Crippen LogP contribution in [0.4, 0.5) is 4.39 Å². The lowest BCUT2D eigenvalue weighted by molar-refractivity contribution is -0.140. The first-order chi connectivity index (χ1) is 17.0. The number of carboxylic acids is 1. The lowest BCUT2D eigenvalue weighted by Crippen LogP contribution is -2.47. The van der Waals surface area contributed by atoms with Gasteiger partial charge in [0.25, 0.3) is 0 Å². The Morgan fingerprint density at radius 3 is 2.39 bits per heavy atom. The first kappa shape index (κ1) is 28.7. The highest BCUT2D eigenvalue weighted by molar-refractivity contribution is 6.02. The smallest absolute Gasteiger partial charge is 0.305 e. The summed E-state index contributed by atoms with van der Waals surface area (Å²) in [6.07, 6.45) is 6.04. The molecule has 0 spiro atoms. The molecule has 0 aliphatic rings. The van der Waals surface area contributed by atoms with E-state index in [1.807, 2.05) is 63.3 Å². The second kappa shape index (κ2) is 13.0. The van der Waals surface area contributed by atoms with E-state index in [4.69, 9.17) is 5.11 Å². The number of amides is 1. The number of benzene rings is 1. The molecule has 8 heteroatoms. The summed E-state index contributed by atoms with van der Waals surface area (Å²) < 4.78 is 14.5. The molecule has 2 aromatic rings. The van der Waals surface area contributed by atoms with E-state index in [2.05, 4.69) is 5.32 Å². The number of aromatic nitrogens is 1. The fourth-order valence-electron chi connectivity index (χ4n) is 4.32. The average Bonchev–Trinajstić information content (AvgIpc) is 3.12. The van der Waals surface area contributed by atoms with Gasteiger partial charge in [0.1, 0.15) is 12.7 Å². The van der Waals surface area contributed by atoms with Gasteiger partial charge in [0.05, 0.1) is 11.9 Å². The predicted molar refractivity (Wildman–Crippen MR) is 138 cm³/mol. The summed E-state index contributed by atoms with van der Waals surface area (Å²) in [5.74, 6) is -4.43. The largest absolute Gasteiger partial charge is 0.481 e. The Hall–Kier alpha value is -3.55. The molecule has 194 valence electrons. The van der Waals surface area contributed by atoms with Crippen LogP contribution < -0.4 is 5.32 Å². The number of ketones is 1. The van der Waals surface area contributed by atoms with Gasteiger partial charge in [-0.2, -0.15) is 0 Å². The van der Waals surface area contributed by atoms with Crippen molar-refractivity contribution in [1.82, 2.24) is 9.88 Å². The van der Waals surface area contributed by atoms with Crippen molar-refractivity contribution in [3.8, 4) is 0 Å². The Morgan fingerprint density at radius 2 is 1.81 bits per heavy atom. The Morgan fingerprint density at radius 1 is 1.14 bits per heavy atom. The van der Waals surface area contributed by atoms with Gasteiger partial charge < -0.3 is 10.4 Å². The number of aliphatic carboxylic acids is 1. The summed E-state index contributed by atoms with van der Waals surface area (Å²) >= 11 is 0. The van der Waals surface area contributed by atoms with E-state index < -0.39 is 42.7 Å². The molecule has 0 saturated carbocycles. The summed E-state index contributed by atoms with van der Waals surface area (Å²) in [6, 6.07) is 6.07. The Balaban J connectivity index is 2.43. The third kappa shape index (κ3) is 6.77. The maximum absolute atomic E-state index is 13.6. The van der Waals surface area contributed by atoms with E-state index in [1.165, 1.54) is 0 Å². The molecule has 2 N–H and O–H groups in total. The van der Waals surface area contributed by atoms with Crippen LogP contribution in [0.3, 0.4) is 0 Å². The molecule has 1 amide bonds. The summed E-state index contributed by atoms with van der Waals surface area (Å²) in [6.45, 7) is 8.04. The topological polar surface area (TPSA) is 105 Å². The highest BCUT2D eigenvalue weighted by Gasteiger charge is 2.31. The van der Waals surface area contributed by atoms with E-state index in [9.17, 15) is 23.6 Å². The van der Waals surface area contributed by atoms with Gasteiger partial charge in [0.2, 0.25) is 11.8 Å². The number of carbonyl (C=O) groups is 4. The molecule has 0 radical (unpaired) electrons. The van der Waals surface area contributed by atoms with Crippen LogP contribution in [0.15, 0.2) is 42.5 Å². The molecule has 0 fully saturated rings. The molecule has 7 nitrogen and oxygen atoms in total. The zero-order valence-corrected chi connectivity index (χ0v) is 21.5. The zero-order valence-electron chi connectivity index (χ0n) is 21.5. The predicted octanol–water partition coefficient (Wildman–Crippen LogP) is 5.12. The number of nitrogens with zero attached hydrogens (tertiary/aromatic N) is 1. The van der Waals surface area contributed by atoms with E-state index >= 15 is 0 Å². The van der Waals surface area contributed by atoms with Crippen LogP contribution in [0.1, 0.15) is 63.0 Å².